The van der Waals surface area contributed by atoms with E-state index in [1.54, 1.807) is 0 Å². The summed E-state index contributed by atoms with van der Waals surface area (Å²) in [4.78, 5) is 0. The average Bonchev–Trinajstić information content (AvgIpc) is 2.70. The third-order valence-corrected chi connectivity index (χ3v) is 2.98. The summed E-state index contributed by atoms with van der Waals surface area (Å²) in [6.45, 7) is 3.13. The van der Waals surface area contributed by atoms with Crippen LogP contribution < -0.4 is 10.1 Å². The van der Waals surface area contributed by atoms with Gasteiger partial charge in [-0.3, -0.25) is 0 Å². The van der Waals surface area contributed by atoms with Crippen molar-refractivity contribution in [1.29, 1.82) is 0 Å². The number of fused-ring (bicyclic) bond motifs is 1. The Morgan fingerprint density at radius 3 is 3.12 bits per heavy atom. The molecule has 0 spiro atoms. The van der Waals surface area contributed by atoms with Crippen LogP contribution in [0.3, 0.4) is 0 Å². The molecule has 0 aliphatic carbocycles. The van der Waals surface area contributed by atoms with Crippen LogP contribution in [0.25, 0.3) is 0 Å². The minimum absolute atomic E-state index is 0.268. The molecule has 16 heavy (non-hydrogen) atoms. The maximum atomic E-state index is 8.78. The maximum absolute atomic E-state index is 8.78. The summed E-state index contributed by atoms with van der Waals surface area (Å²) < 4.78 is 5.60. The molecule has 88 valence electrons. The second-order valence-corrected chi connectivity index (χ2v) is 4.33. The predicted octanol–water partition coefficient (Wildman–Crippen LogP) is 1.87. The van der Waals surface area contributed by atoms with Gasteiger partial charge in [-0.1, -0.05) is 18.2 Å². The zero-order valence-electron chi connectivity index (χ0n) is 9.65. The van der Waals surface area contributed by atoms with Crippen molar-refractivity contribution in [2.45, 2.75) is 31.8 Å². The Balaban J connectivity index is 1.92. The SMILES string of the molecule is CC(CCCO)NC1COc2ccccc21. The van der Waals surface area contributed by atoms with Gasteiger partial charge < -0.3 is 15.2 Å². The second-order valence-electron chi connectivity index (χ2n) is 4.33. The zero-order chi connectivity index (χ0) is 11.4. The number of ether oxygens (including phenoxy) is 1. The number of aliphatic hydroxyl groups excluding tert-OH is 1. The third-order valence-electron chi connectivity index (χ3n) is 2.98. The molecule has 3 heteroatoms. The lowest BCUT2D eigenvalue weighted by Crippen LogP contribution is -2.31. The molecule has 2 unspecified atom stereocenters. The molecule has 0 saturated heterocycles. The Bertz CT molecular complexity index is 340. The minimum Gasteiger partial charge on any atom is -0.491 e. The van der Waals surface area contributed by atoms with Gasteiger partial charge in [-0.15, -0.1) is 0 Å². The van der Waals surface area contributed by atoms with E-state index in [-0.39, 0.29) is 6.61 Å². The van der Waals surface area contributed by atoms with E-state index in [9.17, 15) is 0 Å². The van der Waals surface area contributed by atoms with Gasteiger partial charge in [-0.2, -0.15) is 0 Å². The van der Waals surface area contributed by atoms with Crippen LogP contribution in [0, 0.1) is 0 Å². The maximum Gasteiger partial charge on any atom is 0.124 e. The highest BCUT2D eigenvalue weighted by Crippen LogP contribution is 2.31. The van der Waals surface area contributed by atoms with E-state index in [1.807, 2.05) is 18.2 Å². The van der Waals surface area contributed by atoms with E-state index in [0.717, 1.165) is 18.6 Å². The molecule has 0 aromatic heterocycles. The smallest absolute Gasteiger partial charge is 0.124 e. The summed E-state index contributed by atoms with van der Waals surface area (Å²) in [6, 6.07) is 8.86. The standard InChI is InChI=1S/C13H19NO2/c1-10(5-4-8-15)14-12-9-16-13-7-3-2-6-11(12)13/h2-3,6-7,10,12,14-15H,4-5,8-9H2,1H3. The lowest BCUT2D eigenvalue weighted by atomic mass is 10.1. The van der Waals surface area contributed by atoms with Gasteiger partial charge >= 0.3 is 0 Å². The van der Waals surface area contributed by atoms with E-state index < -0.39 is 0 Å². The molecule has 0 fully saturated rings. The number of hydrogen-bond donors (Lipinski definition) is 2. The first-order chi connectivity index (χ1) is 7.81. The highest BCUT2D eigenvalue weighted by atomic mass is 16.5. The summed E-state index contributed by atoms with van der Waals surface area (Å²) in [7, 11) is 0. The zero-order valence-corrected chi connectivity index (χ0v) is 9.65. The van der Waals surface area contributed by atoms with Crippen LogP contribution in [-0.2, 0) is 0 Å². The van der Waals surface area contributed by atoms with Gasteiger partial charge in [0, 0.05) is 18.2 Å². The largest absolute Gasteiger partial charge is 0.491 e. The Hall–Kier alpha value is -1.06. The summed E-state index contributed by atoms with van der Waals surface area (Å²) in [5.74, 6) is 0.995. The lowest BCUT2D eigenvalue weighted by molar-refractivity contribution is 0.264. The van der Waals surface area contributed by atoms with Crippen molar-refractivity contribution in [3.8, 4) is 5.75 Å². The van der Waals surface area contributed by atoms with Crippen LogP contribution in [0.2, 0.25) is 0 Å². The van der Waals surface area contributed by atoms with Gasteiger partial charge in [0.05, 0.1) is 6.04 Å². The molecule has 0 saturated carbocycles. The molecule has 1 aliphatic rings. The van der Waals surface area contributed by atoms with Crippen LogP contribution in [0.4, 0.5) is 0 Å². The summed E-state index contributed by atoms with van der Waals surface area (Å²) in [6.07, 6.45) is 1.85. The van der Waals surface area contributed by atoms with Crippen molar-refractivity contribution in [3.63, 3.8) is 0 Å². The molecule has 1 aromatic carbocycles. The van der Waals surface area contributed by atoms with Crippen molar-refractivity contribution < 1.29 is 9.84 Å². The molecular weight excluding hydrogens is 202 g/mol. The average molecular weight is 221 g/mol. The number of para-hydroxylation sites is 1. The number of nitrogens with one attached hydrogen (secondary N) is 1. The summed E-state index contributed by atoms with van der Waals surface area (Å²) in [5.41, 5.74) is 1.25. The minimum atomic E-state index is 0.268. The number of aliphatic hydroxyl groups is 1. The molecule has 2 N–H and O–H groups in total. The van der Waals surface area contributed by atoms with E-state index >= 15 is 0 Å². The van der Waals surface area contributed by atoms with Crippen LogP contribution in [-0.4, -0.2) is 24.4 Å². The van der Waals surface area contributed by atoms with E-state index in [2.05, 4.69) is 18.3 Å². The molecule has 1 aliphatic heterocycles. The van der Waals surface area contributed by atoms with Gasteiger partial charge in [0.25, 0.3) is 0 Å². The van der Waals surface area contributed by atoms with Crippen LogP contribution in [0.5, 0.6) is 5.75 Å². The van der Waals surface area contributed by atoms with Crippen molar-refractivity contribution in [1.82, 2.24) is 5.32 Å². The topological polar surface area (TPSA) is 41.5 Å². The van der Waals surface area contributed by atoms with Gasteiger partial charge in [0.1, 0.15) is 12.4 Å². The first kappa shape index (κ1) is 11.4. The molecule has 0 bridgehead atoms. The van der Waals surface area contributed by atoms with Crippen molar-refractivity contribution in [2.75, 3.05) is 13.2 Å². The first-order valence-electron chi connectivity index (χ1n) is 5.90. The van der Waals surface area contributed by atoms with E-state index in [4.69, 9.17) is 9.84 Å². The molecule has 0 radical (unpaired) electrons. The first-order valence-corrected chi connectivity index (χ1v) is 5.90. The van der Waals surface area contributed by atoms with E-state index in [0.29, 0.717) is 18.7 Å². The van der Waals surface area contributed by atoms with Crippen LogP contribution >= 0.6 is 0 Å². The molecular formula is C13H19NO2. The monoisotopic (exact) mass is 221 g/mol. The fraction of sp³-hybridized carbons (Fsp3) is 0.538. The number of hydrogen-bond acceptors (Lipinski definition) is 3. The Morgan fingerprint density at radius 1 is 1.50 bits per heavy atom. The molecule has 1 aromatic rings. The van der Waals surface area contributed by atoms with E-state index in [1.165, 1.54) is 5.56 Å². The van der Waals surface area contributed by atoms with Crippen molar-refractivity contribution >= 4 is 0 Å². The lowest BCUT2D eigenvalue weighted by Gasteiger charge is -2.18. The normalized spacial score (nSPS) is 20.2. The van der Waals surface area contributed by atoms with Crippen molar-refractivity contribution in [3.05, 3.63) is 29.8 Å². The summed E-state index contributed by atoms with van der Waals surface area (Å²) >= 11 is 0. The Kier molecular flexibility index (Phi) is 3.80. The van der Waals surface area contributed by atoms with Crippen LogP contribution in [0.1, 0.15) is 31.4 Å². The van der Waals surface area contributed by atoms with Gasteiger partial charge in [-0.25, -0.2) is 0 Å². The molecule has 3 nitrogen and oxygen atoms in total. The van der Waals surface area contributed by atoms with Gasteiger partial charge in [0.2, 0.25) is 0 Å². The van der Waals surface area contributed by atoms with Crippen molar-refractivity contribution in [2.24, 2.45) is 0 Å². The van der Waals surface area contributed by atoms with Gasteiger partial charge in [0.15, 0.2) is 0 Å². The number of rotatable bonds is 5. The molecule has 2 rings (SSSR count). The van der Waals surface area contributed by atoms with Crippen LogP contribution in [0.15, 0.2) is 24.3 Å². The molecule has 1 heterocycles. The molecule has 2 atom stereocenters. The summed E-state index contributed by atoms with van der Waals surface area (Å²) in [5, 5.41) is 12.3. The Morgan fingerprint density at radius 2 is 2.31 bits per heavy atom. The predicted molar refractivity (Wildman–Crippen MR) is 63.6 cm³/mol. The number of benzene rings is 1. The quantitative estimate of drug-likeness (QED) is 0.797. The Labute approximate surface area is 96.4 Å². The second kappa shape index (κ2) is 5.32. The highest BCUT2D eigenvalue weighted by Gasteiger charge is 2.24. The fourth-order valence-corrected chi connectivity index (χ4v) is 2.12. The molecule has 0 amide bonds. The fourth-order valence-electron chi connectivity index (χ4n) is 2.12. The third kappa shape index (κ3) is 2.54. The highest BCUT2D eigenvalue weighted by molar-refractivity contribution is 5.39. The van der Waals surface area contributed by atoms with Gasteiger partial charge in [-0.05, 0) is 25.8 Å².